The first-order valence-electron chi connectivity index (χ1n) is 10.5. The van der Waals surface area contributed by atoms with Crippen LogP contribution in [0.4, 0.5) is 5.69 Å². The van der Waals surface area contributed by atoms with Gasteiger partial charge in [0.1, 0.15) is 5.75 Å². The van der Waals surface area contributed by atoms with E-state index in [1.165, 1.54) is 0 Å². The average molecular weight is 415 g/mol. The maximum absolute atomic E-state index is 13.3. The number of para-hydroxylation sites is 1. The first kappa shape index (κ1) is 20.7. The molecule has 1 aliphatic rings. The average Bonchev–Trinajstić information content (AvgIpc) is 2.82. The molecule has 1 heterocycles. The van der Waals surface area contributed by atoms with Crippen molar-refractivity contribution in [2.45, 2.75) is 31.8 Å². The van der Waals surface area contributed by atoms with Crippen molar-refractivity contribution in [3.63, 3.8) is 0 Å². The Balaban J connectivity index is 1.58. The Morgan fingerprint density at radius 2 is 1.65 bits per heavy atom. The highest BCUT2D eigenvalue weighted by atomic mass is 16.5. The van der Waals surface area contributed by atoms with E-state index >= 15 is 0 Å². The topological polar surface area (TPSA) is 58.6 Å². The van der Waals surface area contributed by atoms with Crippen LogP contribution in [0.15, 0.2) is 78.9 Å². The molecule has 0 radical (unpaired) electrons. The highest BCUT2D eigenvalue weighted by Crippen LogP contribution is 2.39. The van der Waals surface area contributed by atoms with Gasteiger partial charge in [0.15, 0.2) is 0 Å². The third-order valence-corrected chi connectivity index (χ3v) is 5.77. The largest absolute Gasteiger partial charge is 0.497 e. The number of rotatable bonds is 5. The summed E-state index contributed by atoms with van der Waals surface area (Å²) in [4.78, 5) is 28.2. The van der Waals surface area contributed by atoms with Crippen LogP contribution in [-0.2, 0) is 11.3 Å². The summed E-state index contributed by atoms with van der Waals surface area (Å²) >= 11 is 0. The summed E-state index contributed by atoms with van der Waals surface area (Å²) in [5.41, 5.74) is 3.33. The molecule has 2 atom stereocenters. The van der Waals surface area contributed by atoms with Gasteiger partial charge in [-0.3, -0.25) is 9.59 Å². The van der Waals surface area contributed by atoms with E-state index in [1.54, 1.807) is 36.3 Å². The molecule has 3 aromatic carbocycles. The van der Waals surface area contributed by atoms with Crippen molar-refractivity contribution in [2.24, 2.45) is 0 Å². The van der Waals surface area contributed by atoms with Gasteiger partial charge in [0.05, 0.1) is 13.0 Å². The van der Waals surface area contributed by atoms with Gasteiger partial charge in [-0.05, 0) is 54.8 Å². The number of carbonyl (C=O) groups excluding carboxylic acids is 2. The van der Waals surface area contributed by atoms with Crippen LogP contribution < -0.4 is 15.0 Å². The zero-order valence-electron chi connectivity index (χ0n) is 17.7. The second kappa shape index (κ2) is 9.04. The molecule has 1 aliphatic heterocycles. The lowest BCUT2D eigenvalue weighted by atomic mass is 9.85. The van der Waals surface area contributed by atoms with Gasteiger partial charge < -0.3 is 15.0 Å². The lowest BCUT2D eigenvalue weighted by Gasteiger charge is -2.39. The summed E-state index contributed by atoms with van der Waals surface area (Å²) in [7, 11) is 1.60. The predicted molar refractivity (Wildman–Crippen MR) is 121 cm³/mol. The van der Waals surface area contributed by atoms with Gasteiger partial charge in [0.25, 0.3) is 5.91 Å². The van der Waals surface area contributed by atoms with Gasteiger partial charge in [-0.1, -0.05) is 48.5 Å². The Labute approximate surface area is 182 Å². The van der Waals surface area contributed by atoms with Crippen molar-refractivity contribution >= 4 is 17.5 Å². The van der Waals surface area contributed by atoms with Crippen LogP contribution >= 0.6 is 0 Å². The van der Waals surface area contributed by atoms with E-state index in [2.05, 4.69) is 5.32 Å². The number of hydrogen-bond acceptors (Lipinski definition) is 3. The number of nitrogens with zero attached hydrogens (tertiary/aromatic N) is 1. The molecule has 0 aromatic heterocycles. The van der Waals surface area contributed by atoms with Crippen molar-refractivity contribution in [1.29, 1.82) is 0 Å². The first-order chi connectivity index (χ1) is 15.1. The predicted octanol–water partition coefficient (Wildman–Crippen LogP) is 4.53. The Morgan fingerprint density at radius 3 is 2.35 bits per heavy atom. The minimum atomic E-state index is -0.296. The van der Waals surface area contributed by atoms with Crippen molar-refractivity contribution in [2.75, 3.05) is 12.0 Å². The van der Waals surface area contributed by atoms with E-state index in [4.69, 9.17) is 4.74 Å². The number of fused-ring (bicyclic) bond motifs is 1. The minimum absolute atomic E-state index is 0.0142. The molecular weight excluding hydrogens is 388 g/mol. The van der Waals surface area contributed by atoms with Crippen molar-refractivity contribution in [3.05, 3.63) is 95.6 Å². The van der Waals surface area contributed by atoms with Gasteiger partial charge in [0, 0.05) is 23.8 Å². The molecule has 3 aromatic rings. The van der Waals surface area contributed by atoms with Crippen molar-refractivity contribution < 1.29 is 14.3 Å². The molecule has 0 bridgehead atoms. The van der Waals surface area contributed by atoms with Crippen LogP contribution in [0.5, 0.6) is 5.75 Å². The standard InChI is InChI=1S/C26H26N2O3/c1-18-16-23(25(29)27-17-19-8-4-3-5-9-19)22-10-6-7-11-24(22)28(18)26(30)20-12-14-21(31-2)15-13-20/h3-15,18,23H,16-17H2,1-2H3,(H,27,29). The second-order valence-corrected chi connectivity index (χ2v) is 7.80. The van der Waals surface area contributed by atoms with E-state index in [0.29, 0.717) is 24.3 Å². The zero-order chi connectivity index (χ0) is 21.8. The number of nitrogens with one attached hydrogen (secondary N) is 1. The SMILES string of the molecule is COc1ccc(C(=O)N2c3ccccc3C(C(=O)NCc3ccccc3)CC2C)cc1. The molecule has 5 heteroatoms. The molecule has 2 amide bonds. The molecule has 5 nitrogen and oxygen atoms in total. The summed E-state index contributed by atoms with van der Waals surface area (Å²) in [6.45, 7) is 2.48. The Morgan fingerprint density at radius 1 is 0.968 bits per heavy atom. The van der Waals surface area contributed by atoms with Gasteiger partial charge >= 0.3 is 0 Å². The van der Waals surface area contributed by atoms with Crippen LogP contribution in [0.2, 0.25) is 0 Å². The number of carbonyl (C=O) groups is 2. The molecule has 31 heavy (non-hydrogen) atoms. The van der Waals surface area contributed by atoms with Crippen molar-refractivity contribution in [1.82, 2.24) is 5.32 Å². The fraction of sp³-hybridized carbons (Fsp3) is 0.231. The molecule has 158 valence electrons. The van der Waals surface area contributed by atoms with E-state index in [9.17, 15) is 9.59 Å². The van der Waals surface area contributed by atoms with Crippen molar-refractivity contribution in [3.8, 4) is 5.75 Å². The van der Waals surface area contributed by atoms with E-state index in [-0.39, 0.29) is 23.8 Å². The molecule has 0 saturated carbocycles. The van der Waals surface area contributed by atoms with Crippen LogP contribution in [-0.4, -0.2) is 25.0 Å². The maximum atomic E-state index is 13.3. The normalized spacial score (nSPS) is 17.5. The summed E-state index contributed by atoms with van der Waals surface area (Å²) in [5, 5.41) is 3.06. The molecular formula is C26H26N2O3. The summed E-state index contributed by atoms with van der Waals surface area (Å²) in [6.07, 6.45) is 0.569. The summed E-state index contributed by atoms with van der Waals surface area (Å²) < 4.78 is 5.20. The monoisotopic (exact) mass is 414 g/mol. The molecule has 1 N–H and O–H groups in total. The molecule has 0 spiro atoms. The van der Waals surface area contributed by atoms with Crippen LogP contribution in [0.25, 0.3) is 0 Å². The molecule has 0 saturated heterocycles. The number of amides is 2. The summed E-state index contributed by atoms with van der Waals surface area (Å²) in [5.74, 6) is 0.319. The quantitative estimate of drug-likeness (QED) is 0.667. The minimum Gasteiger partial charge on any atom is -0.497 e. The van der Waals surface area contributed by atoms with Gasteiger partial charge in [-0.25, -0.2) is 0 Å². The van der Waals surface area contributed by atoms with Gasteiger partial charge in [-0.15, -0.1) is 0 Å². The fourth-order valence-electron chi connectivity index (χ4n) is 4.15. The summed E-state index contributed by atoms with van der Waals surface area (Å²) in [6, 6.07) is 24.6. The van der Waals surface area contributed by atoms with E-state index < -0.39 is 0 Å². The Kier molecular flexibility index (Phi) is 6.03. The molecule has 0 fully saturated rings. The highest BCUT2D eigenvalue weighted by Gasteiger charge is 2.37. The molecule has 2 unspecified atom stereocenters. The Hall–Kier alpha value is -3.60. The van der Waals surface area contributed by atoms with Crippen LogP contribution in [0, 0.1) is 0 Å². The van der Waals surface area contributed by atoms with Crippen LogP contribution in [0.3, 0.4) is 0 Å². The maximum Gasteiger partial charge on any atom is 0.258 e. The molecule has 0 aliphatic carbocycles. The molecule has 4 rings (SSSR count). The Bertz CT molecular complexity index is 1060. The number of anilines is 1. The third kappa shape index (κ3) is 4.31. The zero-order valence-corrected chi connectivity index (χ0v) is 17.7. The van der Waals surface area contributed by atoms with Gasteiger partial charge in [-0.2, -0.15) is 0 Å². The first-order valence-corrected chi connectivity index (χ1v) is 10.5. The third-order valence-electron chi connectivity index (χ3n) is 5.77. The fourth-order valence-corrected chi connectivity index (χ4v) is 4.15. The number of methoxy groups -OCH3 is 1. The highest BCUT2D eigenvalue weighted by molar-refractivity contribution is 6.08. The smallest absolute Gasteiger partial charge is 0.258 e. The number of benzene rings is 3. The van der Waals surface area contributed by atoms with Crippen LogP contribution in [0.1, 0.15) is 40.7 Å². The van der Waals surface area contributed by atoms with E-state index in [1.807, 2.05) is 61.5 Å². The van der Waals surface area contributed by atoms with E-state index in [0.717, 1.165) is 16.8 Å². The number of hydrogen-bond donors (Lipinski definition) is 1. The number of ether oxygens (including phenoxy) is 1. The lowest BCUT2D eigenvalue weighted by Crippen LogP contribution is -2.45. The lowest BCUT2D eigenvalue weighted by molar-refractivity contribution is -0.123. The second-order valence-electron chi connectivity index (χ2n) is 7.80. The van der Waals surface area contributed by atoms with Gasteiger partial charge in [0.2, 0.25) is 5.91 Å².